The monoisotopic (exact) mass is 412 g/mol. The number of rotatable bonds is 5. The number of hydrogen-bond acceptors (Lipinski definition) is 5. The van der Waals surface area contributed by atoms with Crippen LogP contribution < -0.4 is 10.6 Å². The third-order valence-corrected chi connectivity index (χ3v) is 4.15. The molecule has 0 aliphatic carbocycles. The van der Waals surface area contributed by atoms with Gasteiger partial charge in [0.05, 0.1) is 35.2 Å². The maximum atomic E-state index is 12.4. The second kappa shape index (κ2) is 7.36. The van der Waals surface area contributed by atoms with Crippen LogP contribution in [0.15, 0.2) is 30.9 Å². The number of hydrogen-bond donors (Lipinski definition) is 3. The zero-order valence-electron chi connectivity index (χ0n) is 14.9. The Labute approximate surface area is 162 Å². The minimum atomic E-state index is -4.43. The van der Waals surface area contributed by atoms with Crippen LogP contribution in [0.4, 0.5) is 19.0 Å². The van der Waals surface area contributed by atoms with E-state index in [9.17, 15) is 18.0 Å². The van der Waals surface area contributed by atoms with Crippen LogP contribution in [0.5, 0.6) is 0 Å². The van der Waals surface area contributed by atoms with Gasteiger partial charge in [0.25, 0.3) is 0 Å². The minimum absolute atomic E-state index is 0.105. The molecule has 3 N–H and O–H groups in total. The molecule has 3 aromatic rings. The molecule has 0 aliphatic rings. The summed E-state index contributed by atoms with van der Waals surface area (Å²) in [5, 5.41) is 5.83. The van der Waals surface area contributed by atoms with Crippen molar-refractivity contribution < 1.29 is 18.0 Å². The van der Waals surface area contributed by atoms with Crippen molar-refractivity contribution in [1.29, 1.82) is 0 Å². The zero-order chi connectivity index (χ0) is 20.5. The first-order valence-electron chi connectivity index (χ1n) is 8.13. The minimum Gasteiger partial charge on any atom is -0.345 e. The Bertz CT molecular complexity index is 1020. The van der Waals surface area contributed by atoms with Crippen molar-refractivity contribution in [2.75, 3.05) is 11.9 Å². The molecule has 11 heteroatoms. The molecule has 0 fully saturated rings. The number of amides is 1. The summed E-state index contributed by atoms with van der Waals surface area (Å²) in [5.41, 5.74) is 0.246. The summed E-state index contributed by atoms with van der Waals surface area (Å²) >= 11 is 5.99. The van der Waals surface area contributed by atoms with Crippen LogP contribution in [0.25, 0.3) is 22.3 Å². The summed E-state index contributed by atoms with van der Waals surface area (Å²) in [6, 6.07) is 1.72. The topological polar surface area (TPSA) is 95.6 Å². The van der Waals surface area contributed by atoms with Gasteiger partial charge in [-0.05, 0) is 19.9 Å². The van der Waals surface area contributed by atoms with Crippen LogP contribution >= 0.6 is 11.6 Å². The van der Waals surface area contributed by atoms with Gasteiger partial charge in [-0.1, -0.05) is 11.6 Å². The number of H-pyrrole nitrogens is 1. The third kappa shape index (κ3) is 4.57. The van der Waals surface area contributed by atoms with Gasteiger partial charge in [0.2, 0.25) is 5.91 Å². The highest BCUT2D eigenvalue weighted by Gasteiger charge is 2.34. The molecule has 0 unspecified atom stereocenters. The fourth-order valence-electron chi connectivity index (χ4n) is 2.42. The second-order valence-corrected chi connectivity index (χ2v) is 7.03. The molecule has 148 valence electrons. The van der Waals surface area contributed by atoms with Crippen LogP contribution in [-0.2, 0) is 4.79 Å². The molecule has 3 rings (SSSR count). The number of halogens is 4. The van der Waals surface area contributed by atoms with Gasteiger partial charge in [0.15, 0.2) is 5.82 Å². The lowest BCUT2D eigenvalue weighted by atomic mass is 10.0. The summed E-state index contributed by atoms with van der Waals surface area (Å²) in [5.74, 6) is -0.569. The van der Waals surface area contributed by atoms with E-state index in [1.807, 2.05) is 0 Å². The van der Waals surface area contributed by atoms with Crippen LogP contribution in [0.1, 0.15) is 13.8 Å². The van der Waals surface area contributed by atoms with Crippen LogP contribution in [0, 0.1) is 0 Å². The van der Waals surface area contributed by atoms with E-state index in [4.69, 9.17) is 11.6 Å². The molecular formula is C17H16ClF3N6O. The molecule has 28 heavy (non-hydrogen) atoms. The number of pyridine rings is 1. The number of alkyl halides is 3. The molecule has 3 aromatic heterocycles. The summed E-state index contributed by atoms with van der Waals surface area (Å²) in [4.78, 5) is 27.9. The molecule has 0 saturated carbocycles. The van der Waals surface area contributed by atoms with Crippen molar-refractivity contribution in [2.45, 2.75) is 25.6 Å². The van der Waals surface area contributed by atoms with Crippen molar-refractivity contribution >= 4 is 34.4 Å². The predicted molar refractivity (Wildman–Crippen MR) is 98.9 cm³/mol. The Morgan fingerprint density at radius 2 is 2.00 bits per heavy atom. The first-order valence-corrected chi connectivity index (χ1v) is 8.51. The Morgan fingerprint density at radius 1 is 1.25 bits per heavy atom. The first kappa shape index (κ1) is 20.0. The van der Waals surface area contributed by atoms with Crippen molar-refractivity contribution in [1.82, 2.24) is 25.3 Å². The van der Waals surface area contributed by atoms with E-state index >= 15 is 0 Å². The van der Waals surface area contributed by atoms with E-state index in [2.05, 4.69) is 30.6 Å². The quantitative estimate of drug-likeness (QED) is 0.595. The average Bonchev–Trinajstić information content (AvgIpc) is 3.03. The largest absolute Gasteiger partial charge is 0.401 e. The molecule has 3 heterocycles. The fourth-order valence-corrected chi connectivity index (χ4v) is 2.58. The molecule has 1 amide bonds. The number of aromatic nitrogens is 4. The fraction of sp³-hybridized carbons (Fsp3) is 0.294. The van der Waals surface area contributed by atoms with Gasteiger partial charge < -0.3 is 10.3 Å². The molecule has 0 saturated heterocycles. The Hall–Kier alpha value is -2.72. The number of carbonyl (C=O) groups is 1. The van der Waals surface area contributed by atoms with Gasteiger partial charge in [-0.25, -0.2) is 9.97 Å². The first-order chi connectivity index (χ1) is 13.0. The lowest BCUT2D eigenvalue weighted by Crippen LogP contribution is -2.52. The molecular weight excluding hydrogens is 397 g/mol. The normalized spacial score (nSPS) is 12.4. The van der Waals surface area contributed by atoms with E-state index in [1.165, 1.54) is 32.4 Å². The van der Waals surface area contributed by atoms with Gasteiger partial charge in [-0.3, -0.25) is 15.1 Å². The number of nitrogens with one attached hydrogen (secondary N) is 3. The molecule has 7 nitrogen and oxygen atoms in total. The van der Waals surface area contributed by atoms with E-state index in [-0.39, 0.29) is 5.82 Å². The lowest BCUT2D eigenvalue weighted by Gasteiger charge is -2.25. The summed E-state index contributed by atoms with van der Waals surface area (Å²) in [7, 11) is 0. The Kier molecular flexibility index (Phi) is 5.26. The zero-order valence-corrected chi connectivity index (χ0v) is 15.6. The average molecular weight is 413 g/mol. The second-order valence-electron chi connectivity index (χ2n) is 6.59. The predicted octanol–water partition coefficient (Wildman–Crippen LogP) is 3.54. The third-order valence-electron chi connectivity index (χ3n) is 3.95. The van der Waals surface area contributed by atoms with Gasteiger partial charge in [-0.2, -0.15) is 13.2 Å². The van der Waals surface area contributed by atoms with E-state index in [0.29, 0.717) is 21.9 Å². The molecule has 0 radical (unpaired) electrons. The van der Waals surface area contributed by atoms with Gasteiger partial charge >= 0.3 is 6.18 Å². The summed E-state index contributed by atoms with van der Waals surface area (Å²) in [6.45, 7) is 1.40. The summed E-state index contributed by atoms with van der Waals surface area (Å²) < 4.78 is 37.2. The molecule has 0 aromatic carbocycles. The molecule has 0 spiro atoms. The van der Waals surface area contributed by atoms with Crippen molar-refractivity contribution in [3.8, 4) is 11.3 Å². The lowest BCUT2D eigenvalue weighted by molar-refractivity contribution is -0.133. The molecule has 0 atom stereocenters. The highest BCUT2D eigenvalue weighted by molar-refractivity contribution is 6.31. The van der Waals surface area contributed by atoms with Crippen molar-refractivity contribution in [3.63, 3.8) is 0 Å². The molecule has 0 aliphatic heterocycles. The Morgan fingerprint density at radius 3 is 2.71 bits per heavy atom. The Balaban J connectivity index is 1.81. The van der Waals surface area contributed by atoms with Gasteiger partial charge in [-0.15, -0.1) is 0 Å². The van der Waals surface area contributed by atoms with Crippen LogP contribution in [-0.4, -0.2) is 44.1 Å². The summed E-state index contributed by atoms with van der Waals surface area (Å²) in [6.07, 6.45) is 1.55. The van der Waals surface area contributed by atoms with Crippen molar-refractivity contribution in [3.05, 3.63) is 35.9 Å². The van der Waals surface area contributed by atoms with Gasteiger partial charge in [0, 0.05) is 23.3 Å². The van der Waals surface area contributed by atoms with E-state index in [1.54, 1.807) is 12.3 Å². The highest BCUT2D eigenvalue weighted by atomic mass is 35.5. The van der Waals surface area contributed by atoms with E-state index in [0.717, 1.165) is 5.39 Å². The number of fused-ring (bicyclic) bond motifs is 1. The standard InChI is InChI=1S/C17H16ClF3N6O/c1-16(2,25-8-17(19,20)21)15(28)27-13-7-22-6-12(26-13)11-5-24-14-10(11)3-9(18)4-23-14/h3-7,25H,8H2,1-2H3,(H,23,24)(H,26,27,28). The van der Waals surface area contributed by atoms with Crippen molar-refractivity contribution in [2.24, 2.45) is 0 Å². The smallest absolute Gasteiger partial charge is 0.345 e. The SMILES string of the molecule is CC(C)(NCC(F)(F)F)C(=O)Nc1cncc(-c2c[nH]c3ncc(Cl)cc23)n1. The number of anilines is 1. The van der Waals surface area contributed by atoms with E-state index < -0.39 is 24.2 Å². The number of nitrogens with zero attached hydrogens (tertiary/aromatic N) is 3. The number of carbonyl (C=O) groups excluding carboxylic acids is 1. The maximum absolute atomic E-state index is 12.4. The van der Waals surface area contributed by atoms with Crippen LogP contribution in [0.3, 0.4) is 0 Å². The molecule has 0 bridgehead atoms. The number of aromatic amines is 1. The maximum Gasteiger partial charge on any atom is 0.401 e. The van der Waals surface area contributed by atoms with Gasteiger partial charge in [0.1, 0.15) is 5.65 Å². The highest BCUT2D eigenvalue weighted by Crippen LogP contribution is 2.28. The van der Waals surface area contributed by atoms with Crippen LogP contribution in [0.2, 0.25) is 5.02 Å².